The van der Waals surface area contributed by atoms with Crippen LogP contribution in [0, 0.1) is 17.2 Å². The van der Waals surface area contributed by atoms with Crippen LogP contribution in [0.5, 0.6) is 0 Å². The number of hydrogen-bond acceptors (Lipinski definition) is 3. The van der Waals surface area contributed by atoms with Crippen LogP contribution >= 0.6 is 0 Å². The Hall–Kier alpha value is -0.800. The van der Waals surface area contributed by atoms with Gasteiger partial charge in [0.25, 0.3) is 0 Å². The number of ether oxygens (including phenoxy) is 1. The Morgan fingerprint density at radius 3 is 2.50 bits per heavy atom. The average Bonchev–Trinajstić information content (AvgIpc) is 3.00. The van der Waals surface area contributed by atoms with Crippen molar-refractivity contribution in [1.82, 2.24) is 4.90 Å². The van der Waals surface area contributed by atoms with Gasteiger partial charge in [-0.25, -0.2) is 0 Å². The number of rotatable bonds is 6. The first-order valence-corrected chi connectivity index (χ1v) is 5.18. The van der Waals surface area contributed by atoms with E-state index in [1.165, 1.54) is 13.2 Å². The van der Waals surface area contributed by atoms with E-state index in [-0.39, 0.29) is 12.6 Å². The lowest BCUT2D eigenvalue weighted by Gasteiger charge is -2.25. The fourth-order valence-electron chi connectivity index (χ4n) is 1.52. The molecule has 0 amide bonds. The van der Waals surface area contributed by atoms with Gasteiger partial charge in [-0.2, -0.15) is 18.4 Å². The topological polar surface area (TPSA) is 36.3 Å². The van der Waals surface area contributed by atoms with E-state index in [9.17, 15) is 13.2 Å². The van der Waals surface area contributed by atoms with E-state index >= 15 is 0 Å². The summed E-state index contributed by atoms with van der Waals surface area (Å²) in [6, 6.07) is 1.53. The van der Waals surface area contributed by atoms with Crippen molar-refractivity contribution in [2.45, 2.75) is 25.1 Å². The molecule has 0 saturated heterocycles. The maximum atomic E-state index is 12.4. The Morgan fingerprint density at radius 2 is 2.12 bits per heavy atom. The SMILES string of the molecule is COCCN(CC(C#N)C(F)(F)F)C1CC1. The summed E-state index contributed by atoms with van der Waals surface area (Å²) in [4.78, 5) is 1.70. The van der Waals surface area contributed by atoms with E-state index in [1.54, 1.807) is 4.90 Å². The zero-order valence-electron chi connectivity index (χ0n) is 9.13. The molecule has 1 aliphatic rings. The third kappa shape index (κ3) is 3.99. The Bertz CT molecular complexity index is 258. The highest BCUT2D eigenvalue weighted by Crippen LogP contribution is 2.31. The van der Waals surface area contributed by atoms with Gasteiger partial charge in [0.1, 0.15) is 0 Å². The molecule has 0 spiro atoms. The van der Waals surface area contributed by atoms with Gasteiger partial charge in [-0.15, -0.1) is 0 Å². The van der Waals surface area contributed by atoms with Gasteiger partial charge >= 0.3 is 6.18 Å². The van der Waals surface area contributed by atoms with Crippen molar-refractivity contribution in [2.75, 3.05) is 26.8 Å². The number of nitriles is 1. The van der Waals surface area contributed by atoms with Gasteiger partial charge in [-0.05, 0) is 12.8 Å². The minimum atomic E-state index is -4.44. The molecule has 1 saturated carbocycles. The van der Waals surface area contributed by atoms with Crippen LogP contribution in [0.2, 0.25) is 0 Å². The minimum absolute atomic E-state index is 0.202. The van der Waals surface area contributed by atoms with Gasteiger partial charge in [0, 0.05) is 26.2 Å². The molecule has 1 aliphatic carbocycles. The highest BCUT2D eigenvalue weighted by molar-refractivity contribution is 4.94. The van der Waals surface area contributed by atoms with Gasteiger partial charge in [-0.1, -0.05) is 0 Å². The molecule has 0 heterocycles. The molecule has 1 unspecified atom stereocenters. The first-order chi connectivity index (χ1) is 7.49. The maximum Gasteiger partial charge on any atom is 0.405 e. The van der Waals surface area contributed by atoms with Crippen LogP contribution in [0.15, 0.2) is 0 Å². The molecule has 92 valence electrons. The van der Waals surface area contributed by atoms with Crippen molar-refractivity contribution < 1.29 is 17.9 Å². The lowest BCUT2D eigenvalue weighted by atomic mass is 10.1. The summed E-state index contributed by atoms with van der Waals surface area (Å²) in [6.07, 6.45) is -2.60. The summed E-state index contributed by atoms with van der Waals surface area (Å²) < 4.78 is 42.1. The molecule has 1 atom stereocenters. The van der Waals surface area contributed by atoms with Crippen molar-refractivity contribution in [2.24, 2.45) is 5.92 Å². The predicted molar refractivity (Wildman–Crippen MR) is 51.6 cm³/mol. The molecular formula is C10H15F3N2O. The molecule has 6 heteroatoms. The monoisotopic (exact) mass is 236 g/mol. The Kier molecular flexibility index (Phi) is 4.56. The zero-order valence-corrected chi connectivity index (χ0v) is 9.13. The second-order valence-electron chi connectivity index (χ2n) is 3.94. The van der Waals surface area contributed by atoms with Crippen molar-refractivity contribution in [3.63, 3.8) is 0 Å². The second kappa shape index (κ2) is 5.51. The third-order valence-corrected chi connectivity index (χ3v) is 2.61. The molecular weight excluding hydrogens is 221 g/mol. The molecule has 0 aromatic rings. The average molecular weight is 236 g/mol. The highest BCUT2D eigenvalue weighted by Gasteiger charge is 2.42. The first-order valence-electron chi connectivity index (χ1n) is 5.18. The first kappa shape index (κ1) is 13.3. The molecule has 0 aromatic carbocycles. The van der Waals surface area contributed by atoms with Crippen molar-refractivity contribution >= 4 is 0 Å². The summed E-state index contributed by atoms with van der Waals surface area (Å²) in [6.45, 7) is 0.607. The lowest BCUT2D eigenvalue weighted by molar-refractivity contribution is -0.163. The number of nitrogens with zero attached hydrogens (tertiary/aromatic N) is 2. The number of methoxy groups -OCH3 is 1. The van der Waals surface area contributed by atoms with Crippen molar-refractivity contribution in [3.8, 4) is 6.07 Å². The molecule has 16 heavy (non-hydrogen) atoms. The molecule has 0 aromatic heterocycles. The number of halogens is 3. The van der Waals surface area contributed by atoms with Crippen LogP contribution in [0.3, 0.4) is 0 Å². The normalized spacial score (nSPS) is 18.5. The molecule has 1 fully saturated rings. The molecule has 3 nitrogen and oxygen atoms in total. The van der Waals surface area contributed by atoms with Gasteiger partial charge < -0.3 is 4.74 Å². The molecule has 0 radical (unpaired) electrons. The van der Waals surface area contributed by atoms with Gasteiger partial charge in [-0.3, -0.25) is 4.90 Å². The Labute approximate surface area is 92.8 Å². The largest absolute Gasteiger partial charge is 0.405 e. The predicted octanol–water partition coefficient (Wildman–Crippen LogP) is 1.80. The fourth-order valence-corrected chi connectivity index (χ4v) is 1.52. The fraction of sp³-hybridized carbons (Fsp3) is 0.900. The number of alkyl halides is 3. The van der Waals surface area contributed by atoms with E-state index in [1.807, 2.05) is 0 Å². The minimum Gasteiger partial charge on any atom is -0.383 e. The Balaban J connectivity index is 2.49. The Morgan fingerprint density at radius 1 is 1.50 bits per heavy atom. The molecule has 0 N–H and O–H groups in total. The molecule has 1 rings (SSSR count). The van der Waals surface area contributed by atoms with Gasteiger partial charge in [0.05, 0.1) is 12.7 Å². The highest BCUT2D eigenvalue weighted by atomic mass is 19.4. The van der Waals surface area contributed by atoms with Crippen molar-refractivity contribution in [3.05, 3.63) is 0 Å². The van der Waals surface area contributed by atoms with Crippen LogP contribution < -0.4 is 0 Å². The zero-order chi connectivity index (χ0) is 12.2. The van der Waals surface area contributed by atoms with Crippen LogP contribution in [0.4, 0.5) is 13.2 Å². The van der Waals surface area contributed by atoms with Crippen molar-refractivity contribution in [1.29, 1.82) is 5.26 Å². The quantitative estimate of drug-likeness (QED) is 0.705. The molecule has 0 aliphatic heterocycles. The lowest BCUT2D eigenvalue weighted by Crippen LogP contribution is -2.39. The van der Waals surface area contributed by atoms with E-state index in [4.69, 9.17) is 10.00 Å². The number of hydrogen-bond donors (Lipinski definition) is 0. The smallest absolute Gasteiger partial charge is 0.383 e. The van der Waals surface area contributed by atoms with Crippen LogP contribution in [-0.2, 0) is 4.74 Å². The van der Waals surface area contributed by atoms with Crippen LogP contribution in [-0.4, -0.2) is 43.9 Å². The summed E-state index contributed by atoms with van der Waals surface area (Å²) >= 11 is 0. The summed E-state index contributed by atoms with van der Waals surface area (Å²) in [5.74, 6) is -1.90. The van der Waals surface area contributed by atoms with E-state index in [2.05, 4.69) is 0 Å². The summed E-state index contributed by atoms with van der Waals surface area (Å²) in [5, 5.41) is 8.51. The summed E-state index contributed by atoms with van der Waals surface area (Å²) in [7, 11) is 1.51. The van der Waals surface area contributed by atoms with Crippen LogP contribution in [0.1, 0.15) is 12.8 Å². The van der Waals surface area contributed by atoms with E-state index in [0.717, 1.165) is 12.8 Å². The van der Waals surface area contributed by atoms with Crippen LogP contribution in [0.25, 0.3) is 0 Å². The second-order valence-corrected chi connectivity index (χ2v) is 3.94. The van der Waals surface area contributed by atoms with E-state index < -0.39 is 12.1 Å². The summed E-state index contributed by atoms with van der Waals surface area (Å²) in [5.41, 5.74) is 0. The molecule has 0 bridgehead atoms. The maximum absolute atomic E-state index is 12.4. The third-order valence-electron chi connectivity index (χ3n) is 2.61. The van der Waals surface area contributed by atoms with Gasteiger partial charge in [0.15, 0.2) is 5.92 Å². The standard InChI is InChI=1S/C10H15F3N2O/c1-16-5-4-15(9-2-3-9)7-8(6-14)10(11,12)13/h8-9H,2-5,7H2,1H3. The van der Waals surface area contributed by atoms with Gasteiger partial charge in [0.2, 0.25) is 0 Å². The van der Waals surface area contributed by atoms with E-state index in [0.29, 0.717) is 13.2 Å².